The molecule has 0 saturated carbocycles. The van der Waals surface area contributed by atoms with Gasteiger partial charge < -0.3 is 0 Å². The lowest BCUT2D eigenvalue weighted by molar-refractivity contribution is -0.274. The zero-order valence-electron chi connectivity index (χ0n) is 15.7. The molecule has 0 aliphatic carbocycles. The predicted octanol–water partition coefficient (Wildman–Crippen LogP) is 5.61. The molecule has 9 heteroatoms. The van der Waals surface area contributed by atoms with E-state index in [2.05, 4.69) is 23.2 Å². The van der Waals surface area contributed by atoms with E-state index in [1.54, 1.807) is 23.5 Å². The molecule has 0 fully saturated rings. The lowest BCUT2D eigenvalue weighted by atomic mass is 10.2. The third kappa shape index (κ3) is 20.9. The molecule has 0 heterocycles. The lowest BCUT2D eigenvalue weighted by Crippen LogP contribution is -2.03. The van der Waals surface area contributed by atoms with E-state index in [0.29, 0.717) is 11.5 Å². The van der Waals surface area contributed by atoms with E-state index in [0.717, 1.165) is 11.5 Å². The quantitative estimate of drug-likeness (QED) is 0.118. The second-order valence-electron chi connectivity index (χ2n) is 5.61. The smallest absolute Gasteiger partial charge is 0.299 e. The van der Waals surface area contributed by atoms with Crippen LogP contribution in [0, 0.1) is 0 Å². The Kier molecular flexibility index (Phi) is 20.1. The van der Waals surface area contributed by atoms with Gasteiger partial charge in [0.1, 0.15) is 0 Å². The largest absolute Gasteiger partial charge is 0.526 e. The zero-order valence-corrected chi connectivity index (χ0v) is 18.2. The molecule has 25 heavy (non-hydrogen) atoms. The third-order valence-corrected chi connectivity index (χ3v) is 5.85. The first-order valence-corrected chi connectivity index (χ1v) is 13.0. The Morgan fingerprint density at radius 2 is 1.16 bits per heavy atom. The van der Waals surface area contributed by atoms with Crippen LogP contribution in [0.5, 0.6) is 0 Å². The van der Waals surface area contributed by atoms with Crippen molar-refractivity contribution in [2.75, 3.05) is 36.2 Å². The molecule has 0 unspecified atom stereocenters. The van der Waals surface area contributed by atoms with E-state index in [9.17, 15) is 9.46 Å². The van der Waals surface area contributed by atoms with Crippen LogP contribution in [-0.4, -0.2) is 41.1 Å². The molecule has 0 atom stereocenters. The maximum atomic E-state index is 11.5. The molecule has 6 nitrogen and oxygen atoms in total. The highest BCUT2D eigenvalue weighted by Crippen LogP contribution is 2.43. The standard InChI is InChI=1S/C16H35O6PS2/c1-3-5-7-9-13-24-15-11-19-21-23(17,18)22-20-12-16-25-14-10-8-6-4-2/h3-16H2,1-2H3,(H,17,18). The molecule has 0 aliphatic rings. The summed E-state index contributed by atoms with van der Waals surface area (Å²) in [7, 11) is -4.30. The van der Waals surface area contributed by atoms with Gasteiger partial charge in [0, 0.05) is 11.5 Å². The molecule has 0 aliphatic heterocycles. The van der Waals surface area contributed by atoms with Crippen LogP contribution in [0.2, 0.25) is 0 Å². The van der Waals surface area contributed by atoms with Gasteiger partial charge in [-0.05, 0) is 24.3 Å². The van der Waals surface area contributed by atoms with Gasteiger partial charge in [0.25, 0.3) is 0 Å². The van der Waals surface area contributed by atoms with Gasteiger partial charge in [-0.15, -0.1) is 9.35 Å². The first-order chi connectivity index (χ1) is 12.1. The van der Waals surface area contributed by atoms with Gasteiger partial charge in [0.05, 0.1) is 13.2 Å². The molecule has 0 amide bonds. The Morgan fingerprint density at radius 3 is 1.56 bits per heavy atom. The van der Waals surface area contributed by atoms with Crippen LogP contribution in [-0.2, 0) is 23.7 Å². The molecule has 0 rings (SSSR count). The fourth-order valence-electron chi connectivity index (χ4n) is 1.87. The van der Waals surface area contributed by atoms with Crippen LogP contribution < -0.4 is 0 Å². The molecular weight excluding hydrogens is 383 g/mol. The fraction of sp³-hybridized carbons (Fsp3) is 1.00. The van der Waals surface area contributed by atoms with Crippen molar-refractivity contribution >= 4 is 31.3 Å². The number of hydrogen-bond donors (Lipinski definition) is 1. The summed E-state index contributed by atoms with van der Waals surface area (Å²) in [5, 5.41) is 0. The van der Waals surface area contributed by atoms with Crippen molar-refractivity contribution in [2.24, 2.45) is 0 Å². The highest BCUT2D eigenvalue weighted by Gasteiger charge is 2.24. The monoisotopic (exact) mass is 418 g/mol. The van der Waals surface area contributed by atoms with Crippen molar-refractivity contribution in [2.45, 2.75) is 65.2 Å². The van der Waals surface area contributed by atoms with Crippen LogP contribution in [0.4, 0.5) is 0 Å². The number of unbranched alkanes of at least 4 members (excludes halogenated alkanes) is 6. The van der Waals surface area contributed by atoms with Crippen molar-refractivity contribution in [3.8, 4) is 0 Å². The summed E-state index contributed by atoms with van der Waals surface area (Å²) >= 11 is 3.47. The summed E-state index contributed by atoms with van der Waals surface area (Å²) in [5.74, 6) is 3.55. The molecule has 0 aromatic carbocycles. The first kappa shape index (κ1) is 25.7. The van der Waals surface area contributed by atoms with Crippen LogP contribution in [0.1, 0.15) is 65.2 Å². The summed E-state index contributed by atoms with van der Waals surface area (Å²) in [4.78, 5) is 18.8. The average Bonchev–Trinajstić information content (AvgIpc) is 2.59. The Morgan fingerprint density at radius 1 is 0.720 bits per heavy atom. The molecule has 1 N–H and O–H groups in total. The van der Waals surface area contributed by atoms with Gasteiger partial charge in [-0.3, -0.25) is 4.89 Å². The van der Waals surface area contributed by atoms with Gasteiger partial charge in [-0.25, -0.2) is 14.3 Å². The van der Waals surface area contributed by atoms with Crippen molar-refractivity contribution in [3.05, 3.63) is 0 Å². The van der Waals surface area contributed by atoms with E-state index in [1.807, 2.05) is 0 Å². The summed E-state index contributed by atoms with van der Waals surface area (Å²) in [5.41, 5.74) is 0. The van der Waals surface area contributed by atoms with Gasteiger partial charge in [0.2, 0.25) is 0 Å². The van der Waals surface area contributed by atoms with Gasteiger partial charge in [-0.2, -0.15) is 23.5 Å². The summed E-state index contributed by atoms with van der Waals surface area (Å²) in [6, 6.07) is 0. The van der Waals surface area contributed by atoms with Crippen molar-refractivity contribution < 1.29 is 28.6 Å². The van der Waals surface area contributed by atoms with Crippen LogP contribution in [0.25, 0.3) is 0 Å². The van der Waals surface area contributed by atoms with Gasteiger partial charge >= 0.3 is 7.82 Å². The third-order valence-electron chi connectivity index (χ3n) is 3.20. The summed E-state index contributed by atoms with van der Waals surface area (Å²) < 4.78 is 20.3. The van der Waals surface area contributed by atoms with Crippen molar-refractivity contribution in [1.82, 2.24) is 0 Å². The highest BCUT2D eigenvalue weighted by molar-refractivity contribution is 7.99. The summed E-state index contributed by atoms with van der Waals surface area (Å²) in [6.07, 6.45) is 9.85. The molecule has 0 aromatic heterocycles. The van der Waals surface area contributed by atoms with Crippen LogP contribution >= 0.6 is 31.3 Å². The second-order valence-corrected chi connectivity index (χ2v) is 9.29. The Labute approximate surface area is 161 Å². The second kappa shape index (κ2) is 19.5. The predicted molar refractivity (Wildman–Crippen MR) is 107 cm³/mol. The minimum Gasteiger partial charge on any atom is -0.299 e. The van der Waals surface area contributed by atoms with E-state index in [1.165, 1.54) is 51.4 Å². The molecule has 0 aromatic rings. The van der Waals surface area contributed by atoms with E-state index in [4.69, 9.17) is 9.78 Å². The zero-order chi connectivity index (χ0) is 18.6. The minimum absolute atomic E-state index is 0.236. The molecule has 152 valence electrons. The SMILES string of the molecule is CCCCCCSCCOOP(=O)(O)OOCCSCCCCCC. The number of rotatable bonds is 20. The van der Waals surface area contributed by atoms with E-state index < -0.39 is 7.82 Å². The Balaban J connectivity index is 3.34. The topological polar surface area (TPSA) is 74.2 Å². The van der Waals surface area contributed by atoms with Crippen molar-refractivity contribution in [1.29, 1.82) is 0 Å². The molecule has 0 bridgehead atoms. The lowest BCUT2D eigenvalue weighted by Gasteiger charge is -2.10. The number of phosphoric acid groups is 1. The summed E-state index contributed by atoms with van der Waals surface area (Å²) in [6.45, 7) is 4.84. The molecule has 0 radical (unpaired) electrons. The minimum atomic E-state index is -4.30. The molecule has 0 spiro atoms. The number of thioether (sulfide) groups is 2. The van der Waals surface area contributed by atoms with Gasteiger partial charge in [-0.1, -0.05) is 52.4 Å². The maximum absolute atomic E-state index is 11.5. The number of hydrogen-bond acceptors (Lipinski definition) is 7. The highest BCUT2D eigenvalue weighted by atomic mass is 32.2. The van der Waals surface area contributed by atoms with E-state index in [-0.39, 0.29) is 13.2 Å². The average molecular weight is 419 g/mol. The van der Waals surface area contributed by atoms with Crippen LogP contribution in [0.3, 0.4) is 0 Å². The Bertz CT molecular complexity index is 297. The van der Waals surface area contributed by atoms with Crippen LogP contribution in [0.15, 0.2) is 0 Å². The molecule has 0 saturated heterocycles. The normalized spacial score (nSPS) is 12.0. The maximum Gasteiger partial charge on any atom is 0.526 e. The first-order valence-electron chi connectivity index (χ1n) is 9.23. The Hall–Kier alpha value is 0.730. The van der Waals surface area contributed by atoms with E-state index >= 15 is 0 Å². The molecular formula is C16H35O6PS2. The fourth-order valence-corrected chi connectivity index (χ4v) is 3.91. The van der Waals surface area contributed by atoms with Crippen molar-refractivity contribution in [3.63, 3.8) is 0 Å². The van der Waals surface area contributed by atoms with Gasteiger partial charge in [0.15, 0.2) is 0 Å².